The lowest BCUT2D eigenvalue weighted by Gasteiger charge is -2.34. The Bertz CT molecular complexity index is 2200. The highest BCUT2D eigenvalue weighted by Gasteiger charge is 2.33. The van der Waals surface area contributed by atoms with Gasteiger partial charge in [0.2, 0.25) is 0 Å². The second kappa shape index (κ2) is 21.4. The molecule has 3 N–H and O–H groups in total. The van der Waals surface area contributed by atoms with Crippen molar-refractivity contribution in [2.24, 2.45) is 10.8 Å². The number of rotatable bonds is 15. The van der Waals surface area contributed by atoms with Crippen LogP contribution in [0.15, 0.2) is 84.9 Å². The van der Waals surface area contributed by atoms with Gasteiger partial charge in [-0.15, -0.1) is 0 Å². The largest absolute Gasteiger partial charge is 0.508 e. The highest BCUT2D eigenvalue weighted by atomic mass is 16.6. The van der Waals surface area contributed by atoms with Gasteiger partial charge in [0.25, 0.3) is 0 Å². The number of aromatic hydroxyl groups is 1. The van der Waals surface area contributed by atoms with Gasteiger partial charge in [0.1, 0.15) is 24.2 Å². The van der Waals surface area contributed by atoms with Crippen molar-refractivity contribution in [1.82, 2.24) is 0 Å². The van der Waals surface area contributed by atoms with E-state index in [0.717, 1.165) is 60.1 Å². The third-order valence-corrected chi connectivity index (χ3v) is 13.6. The Labute approximate surface area is 380 Å². The summed E-state index contributed by atoms with van der Waals surface area (Å²) in [4.78, 5) is 11.3. The number of hydrogen-bond acceptors (Lipinski definition) is 6. The summed E-state index contributed by atoms with van der Waals surface area (Å²) in [5, 5.41) is 30.6. The fraction of sp³-hybridized carbons (Fsp3) is 0.491. The van der Waals surface area contributed by atoms with E-state index in [0.29, 0.717) is 18.8 Å². The van der Waals surface area contributed by atoms with Crippen molar-refractivity contribution in [3.8, 4) is 11.5 Å². The molecular formula is C57H78O6. The normalized spacial score (nSPS) is 15.9. The number of cyclic esters (lactones) is 1. The number of aryl methyl sites for hydroxylation is 4. The molecule has 1 heterocycles. The Morgan fingerprint density at radius 1 is 0.619 bits per heavy atom. The molecule has 6 nitrogen and oxygen atoms in total. The number of carbonyl (C=O) groups excluding carboxylic acids is 1. The summed E-state index contributed by atoms with van der Waals surface area (Å²) >= 11 is 0. The molecule has 1 aliphatic rings. The summed E-state index contributed by atoms with van der Waals surface area (Å²) in [5.41, 5.74) is 11.3. The molecule has 4 aromatic rings. The standard InChI is InChI=1S/C31H42O4.C26H36O2/c1-8-31(9-2,24-12-10-23(21(3)18-24)11-16-28(32)30(5,6)7)25-13-15-27(22(4)19-25)34-20-26-14-17-29(33)35-26;1-8-26(9-2,22-13-14-23(27)19(4)17-22)21-12-10-20(18(3)16-21)11-15-24(28)25(5,6)7/h10-13,15-16,18-19,26,28,32H,8-9,14,17,20H2,1-7H3;10-17,24,27-28H,8-9H2,1-7H3/b16-11+;15-11+/t26-,28?;/m0./s1. The highest BCUT2D eigenvalue weighted by Crippen LogP contribution is 2.42. The lowest BCUT2D eigenvalue weighted by Crippen LogP contribution is -2.26. The Balaban J connectivity index is 0.000000284. The van der Waals surface area contributed by atoms with Gasteiger partial charge in [-0.05, 0) is 138 Å². The summed E-state index contributed by atoms with van der Waals surface area (Å²) < 4.78 is 11.3. The fourth-order valence-electron chi connectivity index (χ4n) is 8.70. The van der Waals surface area contributed by atoms with Crippen molar-refractivity contribution in [3.05, 3.63) is 141 Å². The molecule has 0 aliphatic carbocycles. The van der Waals surface area contributed by atoms with Crippen molar-refractivity contribution in [1.29, 1.82) is 0 Å². The smallest absolute Gasteiger partial charge is 0.306 e. The Morgan fingerprint density at radius 2 is 1.02 bits per heavy atom. The summed E-state index contributed by atoms with van der Waals surface area (Å²) in [5.74, 6) is 1.05. The van der Waals surface area contributed by atoms with Crippen LogP contribution < -0.4 is 4.74 Å². The number of esters is 1. The van der Waals surface area contributed by atoms with Gasteiger partial charge in [-0.25, -0.2) is 0 Å². The quantitative estimate of drug-likeness (QED) is 0.103. The summed E-state index contributed by atoms with van der Waals surface area (Å²) in [6.07, 6.45) is 11.9. The Kier molecular flexibility index (Phi) is 17.3. The van der Waals surface area contributed by atoms with Crippen LogP contribution >= 0.6 is 0 Å². The van der Waals surface area contributed by atoms with E-state index in [1.165, 1.54) is 33.4 Å². The second-order valence-electron chi connectivity index (χ2n) is 20.0. The van der Waals surface area contributed by atoms with Crippen LogP contribution in [-0.2, 0) is 20.4 Å². The number of ether oxygens (including phenoxy) is 2. The molecule has 1 saturated heterocycles. The first-order valence-corrected chi connectivity index (χ1v) is 23.2. The van der Waals surface area contributed by atoms with Gasteiger partial charge in [0, 0.05) is 17.3 Å². The van der Waals surface area contributed by atoms with Crippen LogP contribution in [-0.4, -0.2) is 46.2 Å². The molecule has 2 unspecified atom stereocenters. The van der Waals surface area contributed by atoms with E-state index >= 15 is 0 Å². The second-order valence-corrected chi connectivity index (χ2v) is 20.0. The molecule has 0 amide bonds. The van der Waals surface area contributed by atoms with Gasteiger partial charge in [0.05, 0.1) is 12.2 Å². The van der Waals surface area contributed by atoms with Crippen LogP contribution in [0.4, 0.5) is 0 Å². The average Bonchev–Trinajstić information content (AvgIpc) is 3.66. The summed E-state index contributed by atoms with van der Waals surface area (Å²) in [7, 11) is 0. The lowest BCUT2D eigenvalue weighted by atomic mass is 9.70. The number of aliphatic hydroxyl groups is 2. The minimum absolute atomic E-state index is 0.0730. The number of hydrogen-bond donors (Lipinski definition) is 3. The van der Waals surface area contributed by atoms with E-state index in [1.807, 2.05) is 78.8 Å². The Hall–Kier alpha value is -4.65. The number of phenolic OH excluding ortho intramolecular Hbond substituents is 1. The molecule has 63 heavy (non-hydrogen) atoms. The molecule has 0 saturated carbocycles. The predicted molar refractivity (Wildman–Crippen MR) is 263 cm³/mol. The molecule has 4 aromatic carbocycles. The molecule has 5 rings (SSSR count). The van der Waals surface area contributed by atoms with E-state index in [-0.39, 0.29) is 33.7 Å². The average molecular weight is 859 g/mol. The van der Waals surface area contributed by atoms with Crippen molar-refractivity contribution < 1.29 is 29.6 Å². The SMILES string of the molecule is CCC(CC)(c1ccc(/C=C/C(O)C(C)(C)C)c(C)c1)c1ccc(OC[C@@H]2CCC(=O)O2)c(C)c1.CCC(CC)(c1ccc(O)c(C)c1)c1ccc(/C=C/C(O)C(C)(C)C)c(C)c1. The van der Waals surface area contributed by atoms with Crippen LogP contribution in [0, 0.1) is 38.5 Å². The van der Waals surface area contributed by atoms with E-state index in [4.69, 9.17) is 9.47 Å². The molecular weight excluding hydrogens is 781 g/mol. The van der Waals surface area contributed by atoms with Crippen LogP contribution in [0.25, 0.3) is 12.2 Å². The third kappa shape index (κ3) is 12.3. The molecule has 3 atom stereocenters. The van der Waals surface area contributed by atoms with Crippen LogP contribution in [0.2, 0.25) is 0 Å². The summed E-state index contributed by atoms with van der Waals surface area (Å²) in [6.45, 7) is 29.9. The zero-order valence-electron chi connectivity index (χ0n) is 41.0. The maximum Gasteiger partial charge on any atom is 0.306 e. The fourth-order valence-corrected chi connectivity index (χ4v) is 8.70. The molecule has 0 aromatic heterocycles. The van der Waals surface area contributed by atoms with Crippen LogP contribution in [0.5, 0.6) is 11.5 Å². The van der Waals surface area contributed by atoms with Crippen LogP contribution in [0.1, 0.15) is 163 Å². The van der Waals surface area contributed by atoms with Gasteiger partial charge >= 0.3 is 5.97 Å². The predicted octanol–water partition coefficient (Wildman–Crippen LogP) is 13.4. The topological polar surface area (TPSA) is 96.2 Å². The molecule has 1 fully saturated rings. The monoisotopic (exact) mass is 859 g/mol. The first-order chi connectivity index (χ1) is 29.5. The van der Waals surface area contributed by atoms with Crippen molar-refractivity contribution >= 4 is 18.1 Å². The zero-order chi connectivity index (χ0) is 46.9. The van der Waals surface area contributed by atoms with Gasteiger partial charge < -0.3 is 24.8 Å². The molecule has 0 radical (unpaired) electrons. The van der Waals surface area contributed by atoms with E-state index < -0.39 is 12.2 Å². The molecule has 342 valence electrons. The van der Waals surface area contributed by atoms with Crippen LogP contribution in [0.3, 0.4) is 0 Å². The van der Waals surface area contributed by atoms with Gasteiger partial charge in [0.15, 0.2) is 0 Å². The van der Waals surface area contributed by atoms with E-state index in [1.54, 1.807) is 0 Å². The summed E-state index contributed by atoms with van der Waals surface area (Å²) in [6, 6.07) is 25.8. The maximum absolute atomic E-state index is 11.3. The Morgan fingerprint density at radius 3 is 1.37 bits per heavy atom. The minimum atomic E-state index is -0.489. The molecule has 0 bridgehead atoms. The van der Waals surface area contributed by atoms with E-state index in [2.05, 4.69) is 115 Å². The first-order valence-electron chi connectivity index (χ1n) is 23.2. The lowest BCUT2D eigenvalue weighted by molar-refractivity contribution is -0.142. The highest BCUT2D eigenvalue weighted by molar-refractivity contribution is 5.71. The number of carbonyl (C=O) groups is 1. The first kappa shape index (κ1) is 51.0. The van der Waals surface area contributed by atoms with Crippen molar-refractivity contribution in [3.63, 3.8) is 0 Å². The minimum Gasteiger partial charge on any atom is -0.508 e. The maximum atomic E-state index is 11.3. The van der Waals surface area contributed by atoms with Gasteiger partial charge in [-0.1, -0.05) is 154 Å². The number of benzene rings is 4. The molecule has 0 spiro atoms. The molecule has 6 heteroatoms. The van der Waals surface area contributed by atoms with Crippen molar-refractivity contribution in [2.45, 2.75) is 165 Å². The van der Waals surface area contributed by atoms with E-state index in [9.17, 15) is 20.1 Å². The van der Waals surface area contributed by atoms with Gasteiger partial charge in [-0.3, -0.25) is 4.79 Å². The number of phenols is 1. The van der Waals surface area contributed by atoms with Gasteiger partial charge in [-0.2, -0.15) is 0 Å². The van der Waals surface area contributed by atoms with Crippen molar-refractivity contribution in [2.75, 3.05) is 6.61 Å². The zero-order valence-corrected chi connectivity index (χ0v) is 41.0. The third-order valence-electron chi connectivity index (χ3n) is 13.6. The molecule has 1 aliphatic heterocycles. The number of aliphatic hydroxyl groups excluding tert-OH is 2.